The Morgan fingerprint density at radius 2 is 2.00 bits per heavy atom. The van der Waals surface area contributed by atoms with Crippen LogP contribution in [0.3, 0.4) is 0 Å². The average molecular weight is 179 g/mol. The van der Waals surface area contributed by atoms with Gasteiger partial charge in [0.25, 0.3) is 0 Å². The van der Waals surface area contributed by atoms with E-state index >= 15 is 0 Å². The van der Waals surface area contributed by atoms with Crippen molar-refractivity contribution in [3.63, 3.8) is 0 Å². The zero-order valence-electron chi connectivity index (χ0n) is 8.07. The summed E-state index contributed by atoms with van der Waals surface area (Å²) in [4.78, 5) is 0. The number of hydrogen-bond donors (Lipinski definition) is 1. The zero-order chi connectivity index (χ0) is 9.52. The van der Waals surface area contributed by atoms with E-state index in [1.807, 2.05) is 30.3 Å². The second kappa shape index (κ2) is 5.60. The highest BCUT2D eigenvalue weighted by atomic mass is 16.5. The summed E-state index contributed by atoms with van der Waals surface area (Å²) in [6, 6.07) is 9.88. The molecule has 0 aliphatic carbocycles. The van der Waals surface area contributed by atoms with Crippen LogP contribution in [-0.4, -0.2) is 12.6 Å². The Bertz CT molecular complexity index is 223. The molecule has 0 radical (unpaired) electrons. The van der Waals surface area contributed by atoms with E-state index in [4.69, 9.17) is 10.5 Å². The van der Waals surface area contributed by atoms with Crippen molar-refractivity contribution in [2.24, 2.45) is 5.73 Å². The van der Waals surface area contributed by atoms with Gasteiger partial charge in [0.15, 0.2) is 0 Å². The smallest absolute Gasteiger partial charge is 0.119 e. The van der Waals surface area contributed by atoms with Crippen molar-refractivity contribution in [1.29, 1.82) is 0 Å². The number of ether oxygens (including phenoxy) is 1. The minimum absolute atomic E-state index is 0.256. The molecule has 1 rings (SSSR count). The number of para-hydroxylation sites is 1. The molecule has 72 valence electrons. The lowest BCUT2D eigenvalue weighted by Gasteiger charge is -2.13. The van der Waals surface area contributed by atoms with Crippen molar-refractivity contribution in [3.05, 3.63) is 30.3 Å². The molecule has 0 saturated heterocycles. The Kier molecular flexibility index (Phi) is 4.33. The molecular formula is C11H17NO. The van der Waals surface area contributed by atoms with Gasteiger partial charge >= 0.3 is 0 Å². The van der Waals surface area contributed by atoms with Crippen LogP contribution < -0.4 is 10.5 Å². The van der Waals surface area contributed by atoms with Crippen LogP contribution in [0.1, 0.15) is 19.8 Å². The topological polar surface area (TPSA) is 35.2 Å². The van der Waals surface area contributed by atoms with Crippen LogP contribution in [0.15, 0.2) is 30.3 Å². The molecule has 2 nitrogen and oxygen atoms in total. The fraction of sp³-hybridized carbons (Fsp3) is 0.455. The number of benzene rings is 1. The van der Waals surface area contributed by atoms with Crippen molar-refractivity contribution in [2.45, 2.75) is 25.9 Å². The molecule has 2 N–H and O–H groups in total. The molecule has 0 bridgehead atoms. The molecule has 13 heavy (non-hydrogen) atoms. The molecule has 0 aromatic heterocycles. The highest BCUT2D eigenvalue weighted by Crippen LogP contribution is 2.12. The Morgan fingerprint density at radius 3 is 2.62 bits per heavy atom. The highest BCUT2D eigenvalue weighted by Gasteiger charge is 2.01. The van der Waals surface area contributed by atoms with Gasteiger partial charge in [-0.15, -0.1) is 0 Å². The molecule has 0 aliphatic rings. The highest BCUT2D eigenvalue weighted by molar-refractivity contribution is 5.21. The maximum absolute atomic E-state index is 5.66. The maximum atomic E-state index is 5.66. The molecule has 1 atom stereocenters. The fourth-order valence-corrected chi connectivity index (χ4v) is 1.20. The predicted molar refractivity (Wildman–Crippen MR) is 54.8 cm³/mol. The van der Waals surface area contributed by atoms with Crippen LogP contribution in [0, 0.1) is 0 Å². The van der Waals surface area contributed by atoms with Crippen molar-refractivity contribution in [2.75, 3.05) is 6.54 Å². The zero-order valence-corrected chi connectivity index (χ0v) is 8.07. The monoisotopic (exact) mass is 179 g/mol. The first-order valence-electron chi connectivity index (χ1n) is 4.74. The van der Waals surface area contributed by atoms with Crippen LogP contribution >= 0.6 is 0 Å². The Morgan fingerprint density at radius 1 is 1.31 bits per heavy atom. The molecule has 0 saturated carbocycles. The first kappa shape index (κ1) is 10.1. The molecule has 2 heteroatoms. The quantitative estimate of drug-likeness (QED) is 0.752. The van der Waals surface area contributed by atoms with E-state index in [-0.39, 0.29) is 6.10 Å². The standard InChI is InChI=1S/C11H17NO/c1-10(6-5-9-12)13-11-7-3-2-4-8-11/h2-4,7-8,10H,5-6,9,12H2,1H3. The summed E-state index contributed by atoms with van der Waals surface area (Å²) >= 11 is 0. The van der Waals surface area contributed by atoms with E-state index in [1.165, 1.54) is 0 Å². The van der Waals surface area contributed by atoms with Gasteiger partial charge in [0.05, 0.1) is 6.10 Å². The molecule has 0 aliphatic heterocycles. The van der Waals surface area contributed by atoms with Crippen molar-refractivity contribution >= 4 is 0 Å². The van der Waals surface area contributed by atoms with E-state index in [9.17, 15) is 0 Å². The van der Waals surface area contributed by atoms with Gasteiger partial charge in [-0.05, 0) is 38.4 Å². The second-order valence-electron chi connectivity index (χ2n) is 3.17. The van der Waals surface area contributed by atoms with E-state index in [2.05, 4.69) is 6.92 Å². The normalized spacial score (nSPS) is 12.5. The lowest BCUT2D eigenvalue weighted by molar-refractivity contribution is 0.209. The third kappa shape index (κ3) is 3.95. The third-order valence-corrected chi connectivity index (χ3v) is 1.90. The van der Waals surface area contributed by atoms with Crippen molar-refractivity contribution < 1.29 is 4.74 Å². The summed E-state index contributed by atoms with van der Waals surface area (Å²) in [5, 5.41) is 0. The third-order valence-electron chi connectivity index (χ3n) is 1.90. The first-order valence-corrected chi connectivity index (χ1v) is 4.74. The minimum atomic E-state index is 0.256. The average Bonchev–Trinajstić information content (AvgIpc) is 2.16. The summed E-state index contributed by atoms with van der Waals surface area (Å²) in [6.07, 6.45) is 2.30. The molecule has 0 heterocycles. The van der Waals surface area contributed by atoms with E-state index in [1.54, 1.807) is 0 Å². The van der Waals surface area contributed by atoms with Gasteiger partial charge in [-0.1, -0.05) is 18.2 Å². The number of hydrogen-bond acceptors (Lipinski definition) is 2. The largest absolute Gasteiger partial charge is 0.491 e. The Balaban J connectivity index is 2.32. The van der Waals surface area contributed by atoms with Gasteiger partial charge < -0.3 is 10.5 Å². The van der Waals surface area contributed by atoms with Crippen LogP contribution in [0.4, 0.5) is 0 Å². The summed E-state index contributed by atoms with van der Waals surface area (Å²) in [7, 11) is 0. The van der Waals surface area contributed by atoms with Crippen LogP contribution in [-0.2, 0) is 0 Å². The van der Waals surface area contributed by atoms with Gasteiger partial charge in [0.1, 0.15) is 5.75 Å². The van der Waals surface area contributed by atoms with Gasteiger partial charge in [0, 0.05) is 0 Å². The molecule has 1 aromatic rings. The summed E-state index contributed by atoms with van der Waals surface area (Å²) in [5.74, 6) is 0.937. The van der Waals surface area contributed by atoms with Crippen LogP contribution in [0.5, 0.6) is 5.75 Å². The summed E-state index contributed by atoms with van der Waals surface area (Å²) in [6.45, 7) is 2.81. The van der Waals surface area contributed by atoms with Gasteiger partial charge in [-0.2, -0.15) is 0 Å². The Labute approximate surface area is 79.7 Å². The Hall–Kier alpha value is -1.02. The van der Waals surface area contributed by atoms with Gasteiger partial charge in [0.2, 0.25) is 0 Å². The fourth-order valence-electron chi connectivity index (χ4n) is 1.20. The van der Waals surface area contributed by atoms with E-state index in [0.717, 1.165) is 25.1 Å². The SMILES string of the molecule is CC(CCCN)Oc1ccccc1. The molecule has 1 aromatic carbocycles. The van der Waals surface area contributed by atoms with E-state index < -0.39 is 0 Å². The van der Waals surface area contributed by atoms with Crippen LogP contribution in [0.25, 0.3) is 0 Å². The predicted octanol–water partition coefficient (Wildman–Crippen LogP) is 2.19. The molecule has 0 spiro atoms. The molecule has 0 fully saturated rings. The van der Waals surface area contributed by atoms with Crippen molar-refractivity contribution in [1.82, 2.24) is 0 Å². The van der Waals surface area contributed by atoms with Gasteiger partial charge in [-0.3, -0.25) is 0 Å². The number of nitrogens with two attached hydrogens (primary N) is 1. The van der Waals surface area contributed by atoms with E-state index in [0.29, 0.717) is 0 Å². The second-order valence-corrected chi connectivity index (χ2v) is 3.17. The lowest BCUT2D eigenvalue weighted by Crippen LogP contribution is -2.13. The summed E-state index contributed by atoms with van der Waals surface area (Å²) < 4.78 is 5.66. The number of rotatable bonds is 5. The minimum Gasteiger partial charge on any atom is -0.491 e. The first-order chi connectivity index (χ1) is 6.33. The van der Waals surface area contributed by atoms with Crippen LogP contribution in [0.2, 0.25) is 0 Å². The van der Waals surface area contributed by atoms with Gasteiger partial charge in [-0.25, -0.2) is 0 Å². The molecular weight excluding hydrogens is 162 g/mol. The van der Waals surface area contributed by atoms with Crippen molar-refractivity contribution in [3.8, 4) is 5.75 Å². The molecule has 0 amide bonds. The summed E-state index contributed by atoms with van der Waals surface area (Å²) in [5.41, 5.74) is 5.41. The maximum Gasteiger partial charge on any atom is 0.119 e. The lowest BCUT2D eigenvalue weighted by atomic mass is 10.2. The molecule has 1 unspecified atom stereocenters.